The highest BCUT2D eigenvalue weighted by molar-refractivity contribution is 5.78. The zero-order chi connectivity index (χ0) is 14.5. The SMILES string of the molecule is CCC(C)C(=O)N1CCC(c2cccc(OC)c2)CC1. The van der Waals surface area contributed by atoms with Crippen LogP contribution >= 0.6 is 0 Å². The predicted octanol–water partition coefficient (Wildman–Crippen LogP) is 3.45. The smallest absolute Gasteiger partial charge is 0.225 e. The molecule has 1 fully saturated rings. The van der Waals surface area contributed by atoms with Gasteiger partial charge in [-0.25, -0.2) is 0 Å². The van der Waals surface area contributed by atoms with Crippen LogP contribution in [-0.2, 0) is 4.79 Å². The van der Waals surface area contributed by atoms with Crippen LogP contribution in [0.1, 0.15) is 44.6 Å². The molecule has 0 radical (unpaired) electrons. The van der Waals surface area contributed by atoms with Gasteiger partial charge in [0.15, 0.2) is 0 Å². The van der Waals surface area contributed by atoms with Crippen LogP contribution < -0.4 is 4.74 Å². The molecule has 110 valence electrons. The lowest BCUT2D eigenvalue weighted by Gasteiger charge is -2.33. The summed E-state index contributed by atoms with van der Waals surface area (Å²) in [5.41, 5.74) is 1.33. The molecule has 0 spiro atoms. The number of nitrogens with zero attached hydrogens (tertiary/aromatic N) is 1. The molecule has 1 aromatic rings. The Hall–Kier alpha value is -1.51. The van der Waals surface area contributed by atoms with E-state index in [4.69, 9.17) is 4.74 Å². The monoisotopic (exact) mass is 275 g/mol. The summed E-state index contributed by atoms with van der Waals surface area (Å²) >= 11 is 0. The summed E-state index contributed by atoms with van der Waals surface area (Å²) in [6.07, 6.45) is 3.03. The molecule has 1 aromatic carbocycles. The van der Waals surface area contributed by atoms with Gasteiger partial charge in [-0.1, -0.05) is 26.0 Å². The van der Waals surface area contributed by atoms with E-state index in [2.05, 4.69) is 19.1 Å². The van der Waals surface area contributed by atoms with Gasteiger partial charge >= 0.3 is 0 Å². The lowest BCUT2D eigenvalue weighted by atomic mass is 9.89. The van der Waals surface area contributed by atoms with Crippen LogP contribution in [0.4, 0.5) is 0 Å². The molecule has 3 heteroatoms. The first-order valence-corrected chi connectivity index (χ1v) is 7.58. The number of carbonyl (C=O) groups is 1. The summed E-state index contributed by atoms with van der Waals surface area (Å²) in [5, 5.41) is 0. The molecule has 1 heterocycles. The van der Waals surface area contributed by atoms with E-state index >= 15 is 0 Å². The van der Waals surface area contributed by atoms with Crippen LogP contribution in [0.3, 0.4) is 0 Å². The summed E-state index contributed by atoms with van der Waals surface area (Å²) in [4.78, 5) is 14.2. The highest BCUT2D eigenvalue weighted by atomic mass is 16.5. The maximum Gasteiger partial charge on any atom is 0.225 e. The van der Waals surface area contributed by atoms with Crippen molar-refractivity contribution in [2.24, 2.45) is 5.92 Å². The molecule has 0 saturated carbocycles. The molecule has 0 bridgehead atoms. The van der Waals surface area contributed by atoms with Gasteiger partial charge in [-0.2, -0.15) is 0 Å². The van der Waals surface area contributed by atoms with Gasteiger partial charge in [-0.15, -0.1) is 0 Å². The molecule has 20 heavy (non-hydrogen) atoms. The minimum Gasteiger partial charge on any atom is -0.497 e. The van der Waals surface area contributed by atoms with E-state index in [1.807, 2.05) is 24.0 Å². The number of methoxy groups -OCH3 is 1. The first-order valence-electron chi connectivity index (χ1n) is 7.58. The second-order valence-electron chi connectivity index (χ2n) is 5.69. The van der Waals surface area contributed by atoms with Crippen LogP contribution in [0.5, 0.6) is 5.75 Å². The molecule has 0 aliphatic carbocycles. The van der Waals surface area contributed by atoms with Crippen molar-refractivity contribution in [1.82, 2.24) is 4.90 Å². The molecule has 0 aromatic heterocycles. The molecule has 1 saturated heterocycles. The molecule has 2 rings (SSSR count). The number of ether oxygens (including phenoxy) is 1. The zero-order valence-corrected chi connectivity index (χ0v) is 12.8. The molecular formula is C17H25NO2. The molecule has 1 atom stereocenters. The number of rotatable bonds is 4. The number of hydrogen-bond acceptors (Lipinski definition) is 2. The van der Waals surface area contributed by atoms with E-state index in [-0.39, 0.29) is 5.92 Å². The van der Waals surface area contributed by atoms with Crippen molar-refractivity contribution < 1.29 is 9.53 Å². The van der Waals surface area contributed by atoms with Gasteiger partial charge in [0.05, 0.1) is 7.11 Å². The van der Waals surface area contributed by atoms with Crippen molar-refractivity contribution in [2.45, 2.75) is 39.0 Å². The van der Waals surface area contributed by atoms with Crippen LogP contribution in [-0.4, -0.2) is 31.0 Å². The minimum atomic E-state index is 0.156. The normalized spacial score (nSPS) is 17.9. The maximum atomic E-state index is 12.2. The van der Waals surface area contributed by atoms with Crippen molar-refractivity contribution in [1.29, 1.82) is 0 Å². The van der Waals surface area contributed by atoms with Crippen molar-refractivity contribution in [2.75, 3.05) is 20.2 Å². The van der Waals surface area contributed by atoms with Crippen LogP contribution in [0.2, 0.25) is 0 Å². The Morgan fingerprint density at radius 1 is 1.40 bits per heavy atom. The van der Waals surface area contributed by atoms with Gasteiger partial charge in [-0.3, -0.25) is 4.79 Å². The molecule has 1 unspecified atom stereocenters. The van der Waals surface area contributed by atoms with Crippen molar-refractivity contribution in [3.8, 4) is 5.75 Å². The second-order valence-corrected chi connectivity index (χ2v) is 5.69. The van der Waals surface area contributed by atoms with E-state index in [1.165, 1.54) is 5.56 Å². The predicted molar refractivity (Wildman–Crippen MR) is 81.0 cm³/mol. The topological polar surface area (TPSA) is 29.5 Å². The number of hydrogen-bond donors (Lipinski definition) is 0. The van der Waals surface area contributed by atoms with Gasteiger partial charge in [-0.05, 0) is 42.9 Å². The van der Waals surface area contributed by atoms with Crippen molar-refractivity contribution in [3.63, 3.8) is 0 Å². The highest BCUT2D eigenvalue weighted by Gasteiger charge is 2.26. The Morgan fingerprint density at radius 3 is 2.70 bits per heavy atom. The van der Waals surface area contributed by atoms with E-state index < -0.39 is 0 Å². The van der Waals surface area contributed by atoms with Gasteiger partial charge in [0.2, 0.25) is 5.91 Å². The first-order chi connectivity index (χ1) is 9.65. The lowest BCUT2D eigenvalue weighted by molar-refractivity contribution is -0.136. The molecule has 0 N–H and O–H groups in total. The fourth-order valence-electron chi connectivity index (χ4n) is 2.81. The quantitative estimate of drug-likeness (QED) is 0.842. The maximum absolute atomic E-state index is 12.2. The Balaban J connectivity index is 1.95. The van der Waals surface area contributed by atoms with E-state index in [0.29, 0.717) is 11.8 Å². The zero-order valence-electron chi connectivity index (χ0n) is 12.8. The number of piperidine rings is 1. The number of amides is 1. The fraction of sp³-hybridized carbons (Fsp3) is 0.588. The van der Waals surface area contributed by atoms with Crippen molar-refractivity contribution in [3.05, 3.63) is 29.8 Å². The Kier molecular flexibility index (Phi) is 5.05. The summed E-state index contributed by atoms with van der Waals surface area (Å²) in [7, 11) is 1.70. The van der Waals surface area contributed by atoms with Crippen LogP contribution in [0.15, 0.2) is 24.3 Å². The van der Waals surface area contributed by atoms with E-state index in [9.17, 15) is 4.79 Å². The average Bonchev–Trinajstić information content (AvgIpc) is 2.53. The van der Waals surface area contributed by atoms with Gasteiger partial charge in [0.1, 0.15) is 5.75 Å². The largest absolute Gasteiger partial charge is 0.497 e. The third kappa shape index (κ3) is 3.33. The van der Waals surface area contributed by atoms with Crippen LogP contribution in [0, 0.1) is 5.92 Å². The number of carbonyl (C=O) groups excluding carboxylic acids is 1. The molecule has 3 nitrogen and oxygen atoms in total. The standard InChI is InChI=1S/C17H25NO2/c1-4-13(2)17(19)18-10-8-14(9-11-18)15-6-5-7-16(12-15)20-3/h5-7,12-14H,4,8-11H2,1-3H3. The summed E-state index contributed by atoms with van der Waals surface area (Å²) in [5.74, 6) is 1.94. The molecule has 1 amide bonds. The third-order valence-corrected chi connectivity index (χ3v) is 4.41. The van der Waals surface area contributed by atoms with E-state index in [0.717, 1.165) is 38.1 Å². The van der Waals surface area contributed by atoms with Gasteiger partial charge in [0.25, 0.3) is 0 Å². The fourth-order valence-corrected chi connectivity index (χ4v) is 2.81. The molecule has 1 aliphatic rings. The Labute approximate surface area is 121 Å². The van der Waals surface area contributed by atoms with Crippen LogP contribution in [0.25, 0.3) is 0 Å². The third-order valence-electron chi connectivity index (χ3n) is 4.41. The summed E-state index contributed by atoms with van der Waals surface area (Å²) < 4.78 is 5.29. The minimum absolute atomic E-state index is 0.156. The first kappa shape index (κ1) is 14.9. The number of likely N-dealkylation sites (tertiary alicyclic amines) is 1. The number of benzene rings is 1. The Morgan fingerprint density at radius 2 is 2.10 bits per heavy atom. The van der Waals surface area contributed by atoms with Crippen molar-refractivity contribution >= 4 is 5.91 Å². The van der Waals surface area contributed by atoms with Gasteiger partial charge < -0.3 is 9.64 Å². The lowest BCUT2D eigenvalue weighted by Crippen LogP contribution is -2.40. The van der Waals surface area contributed by atoms with E-state index in [1.54, 1.807) is 7.11 Å². The highest BCUT2D eigenvalue weighted by Crippen LogP contribution is 2.30. The average molecular weight is 275 g/mol. The molecular weight excluding hydrogens is 250 g/mol. The van der Waals surface area contributed by atoms with Gasteiger partial charge in [0, 0.05) is 19.0 Å². The molecule has 1 aliphatic heterocycles. The summed E-state index contributed by atoms with van der Waals surface area (Å²) in [6.45, 7) is 5.86. The second kappa shape index (κ2) is 6.78. The Bertz CT molecular complexity index is 450. The summed E-state index contributed by atoms with van der Waals surface area (Å²) in [6, 6.07) is 8.31.